The summed E-state index contributed by atoms with van der Waals surface area (Å²) < 4.78 is 6.53. The molecule has 0 unspecified atom stereocenters. The number of hydrogen-bond donors (Lipinski definition) is 2. The number of rotatable bonds is 5. The van der Waals surface area contributed by atoms with E-state index in [1.54, 1.807) is 22.9 Å². The summed E-state index contributed by atoms with van der Waals surface area (Å²) in [7, 11) is 0. The van der Waals surface area contributed by atoms with Crippen molar-refractivity contribution in [3.05, 3.63) is 39.8 Å². The van der Waals surface area contributed by atoms with E-state index in [0.717, 1.165) is 4.88 Å². The molecule has 0 bridgehead atoms. The number of hydrogen-bond acceptors (Lipinski definition) is 7. The van der Waals surface area contributed by atoms with Crippen LogP contribution in [0.1, 0.15) is 35.3 Å². The molecule has 2 N–H and O–H groups in total. The topological polar surface area (TPSA) is 111 Å². The number of nitrogens with one attached hydrogen (secondary N) is 2. The van der Waals surface area contributed by atoms with E-state index in [9.17, 15) is 4.79 Å². The van der Waals surface area contributed by atoms with Crippen LogP contribution in [0.3, 0.4) is 0 Å². The quantitative estimate of drug-likeness (QED) is 0.732. The first-order chi connectivity index (χ1) is 11.5. The molecule has 0 spiro atoms. The summed E-state index contributed by atoms with van der Waals surface area (Å²) in [4.78, 5) is 17.3. The number of anilines is 1. The van der Waals surface area contributed by atoms with E-state index in [4.69, 9.17) is 4.52 Å². The smallest absolute Gasteiger partial charge is 0.321 e. The van der Waals surface area contributed by atoms with Crippen molar-refractivity contribution in [3.63, 3.8) is 0 Å². The molecule has 0 saturated carbocycles. The lowest BCUT2D eigenvalue weighted by Crippen LogP contribution is -2.31. The third-order valence-corrected chi connectivity index (χ3v) is 4.45. The van der Waals surface area contributed by atoms with Crippen molar-refractivity contribution in [3.8, 4) is 0 Å². The van der Waals surface area contributed by atoms with Gasteiger partial charge >= 0.3 is 6.03 Å². The highest BCUT2D eigenvalue weighted by Gasteiger charge is 2.15. The molecule has 2 amide bonds. The van der Waals surface area contributed by atoms with Gasteiger partial charge in [-0.1, -0.05) is 16.4 Å². The minimum atomic E-state index is -0.332. The first-order valence-corrected chi connectivity index (χ1v) is 8.21. The first kappa shape index (κ1) is 16.1. The standard InChI is InChI=1S/C14H17N7O2S/c1-8(11-5-4-6-24-11)15-14(22)17-13-9(2)21(20-18-13)7-12-16-10(3)23-19-12/h4-6,8H,7H2,1-3H3,(H2,15,17,22)/t8-/m0/s1. The molecule has 3 heterocycles. The zero-order valence-electron chi connectivity index (χ0n) is 13.5. The Hall–Kier alpha value is -2.75. The molecule has 24 heavy (non-hydrogen) atoms. The second-order valence-corrected chi connectivity index (χ2v) is 6.23. The van der Waals surface area contributed by atoms with E-state index in [2.05, 4.69) is 31.1 Å². The zero-order valence-corrected chi connectivity index (χ0v) is 14.3. The molecule has 1 atom stereocenters. The molecule has 0 aliphatic carbocycles. The van der Waals surface area contributed by atoms with Gasteiger partial charge in [0.1, 0.15) is 6.54 Å². The van der Waals surface area contributed by atoms with Crippen molar-refractivity contribution < 1.29 is 9.32 Å². The van der Waals surface area contributed by atoms with Crippen molar-refractivity contribution in [1.29, 1.82) is 0 Å². The molecule has 0 radical (unpaired) electrons. The first-order valence-electron chi connectivity index (χ1n) is 7.33. The second-order valence-electron chi connectivity index (χ2n) is 5.25. The van der Waals surface area contributed by atoms with Gasteiger partial charge in [0.25, 0.3) is 0 Å². The molecule has 3 rings (SSSR count). The summed E-state index contributed by atoms with van der Waals surface area (Å²) in [5, 5.41) is 19.4. The van der Waals surface area contributed by atoms with Crippen LogP contribution in [0.4, 0.5) is 10.6 Å². The van der Waals surface area contributed by atoms with Crippen LogP contribution < -0.4 is 10.6 Å². The summed E-state index contributed by atoms with van der Waals surface area (Å²) in [5.41, 5.74) is 0.705. The molecule has 9 nitrogen and oxygen atoms in total. The average Bonchev–Trinajstić information content (AvgIpc) is 3.26. The van der Waals surface area contributed by atoms with Crippen LogP contribution in [-0.4, -0.2) is 31.2 Å². The van der Waals surface area contributed by atoms with Crippen LogP contribution in [0, 0.1) is 13.8 Å². The number of amides is 2. The van der Waals surface area contributed by atoms with Crippen molar-refractivity contribution in [2.45, 2.75) is 33.4 Å². The molecule has 0 fully saturated rings. The lowest BCUT2D eigenvalue weighted by molar-refractivity contribution is 0.249. The lowest BCUT2D eigenvalue weighted by Gasteiger charge is -2.12. The number of carbonyl (C=O) groups excluding carboxylic acids is 1. The Morgan fingerprint density at radius 1 is 1.46 bits per heavy atom. The van der Waals surface area contributed by atoms with E-state index >= 15 is 0 Å². The summed E-state index contributed by atoms with van der Waals surface area (Å²) in [6.45, 7) is 5.78. The third kappa shape index (κ3) is 3.59. The van der Waals surface area contributed by atoms with E-state index in [-0.39, 0.29) is 12.1 Å². The number of thiophene rings is 1. The number of carbonyl (C=O) groups is 1. The Morgan fingerprint density at radius 3 is 2.96 bits per heavy atom. The van der Waals surface area contributed by atoms with Gasteiger partial charge in [-0.05, 0) is 25.3 Å². The molecule has 3 aromatic heterocycles. The fraction of sp³-hybridized carbons (Fsp3) is 0.357. The van der Waals surface area contributed by atoms with Gasteiger partial charge in [-0.2, -0.15) is 4.98 Å². The highest BCUT2D eigenvalue weighted by molar-refractivity contribution is 7.10. The van der Waals surface area contributed by atoms with Crippen molar-refractivity contribution in [2.24, 2.45) is 0 Å². The van der Waals surface area contributed by atoms with Crippen LogP contribution in [0.5, 0.6) is 0 Å². The molecular weight excluding hydrogens is 330 g/mol. The minimum Gasteiger partial charge on any atom is -0.340 e. The predicted molar refractivity (Wildman–Crippen MR) is 87.8 cm³/mol. The summed E-state index contributed by atoms with van der Waals surface area (Å²) in [6.07, 6.45) is 0. The average molecular weight is 347 g/mol. The third-order valence-electron chi connectivity index (χ3n) is 3.39. The van der Waals surface area contributed by atoms with Gasteiger partial charge in [0.15, 0.2) is 11.6 Å². The molecule has 0 saturated heterocycles. The maximum atomic E-state index is 12.1. The maximum absolute atomic E-state index is 12.1. The SMILES string of the molecule is Cc1nc(Cn2nnc(NC(=O)N[C@@H](C)c3cccs3)c2C)no1. The summed E-state index contributed by atoms with van der Waals surface area (Å²) in [6, 6.07) is 3.51. The summed E-state index contributed by atoms with van der Waals surface area (Å²) in [5.74, 6) is 1.39. The fourth-order valence-corrected chi connectivity index (χ4v) is 2.85. The Morgan fingerprint density at radius 2 is 2.29 bits per heavy atom. The highest BCUT2D eigenvalue weighted by atomic mass is 32.1. The monoisotopic (exact) mass is 347 g/mol. The Balaban J connectivity index is 1.62. The highest BCUT2D eigenvalue weighted by Crippen LogP contribution is 2.18. The van der Waals surface area contributed by atoms with Crippen molar-refractivity contribution in [2.75, 3.05) is 5.32 Å². The molecule has 0 aliphatic rings. The van der Waals surface area contributed by atoms with Crippen molar-refractivity contribution >= 4 is 23.2 Å². The molecular formula is C14H17N7O2S. The number of aryl methyl sites for hydroxylation is 1. The largest absolute Gasteiger partial charge is 0.340 e. The number of urea groups is 1. The van der Waals surface area contributed by atoms with Gasteiger partial charge in [0.2, 0.25) is 5.89 Å². The second kappa shape index (κ2) is 6.79. The van der Waals surface area contributed by atoms with Gasteiger partial charge in [0, 0.05) is 11.8 Å². The van der Waals surface area contributed by atoms with Crippen LogP contribution in [0.2, 0.25) is 0 Å². The Bertz CT molecular complexity index is 824. The van der Waals surface area contributed by atoms with Gasteiger partial charge in [-0.15, -0.1) is 16.4 Å². The van der Waals surface area contributed by atoms with Crippen LogP contribution in [-0.2, 0) is 6.54 Å². The number of aromatic nitrogens is 5. The Kier molecular flexibility index (Phi) is 4.56. The van der Waals surface area contributed by atoms with Crippen LogP contribution in [0.15, 0.2) is 22.0 Å². The molecule has 0 aromatic carbocycles. The van der Waals surface area contributed by atoms with Gasteiger partial charge < -0.3 is 9.84 Å². The van der Waals surface area contributed by atoms with Gasteiger partial charge in [-0.3, -0.25) is 5.32 Å². The molecule has 126 valence electrons. The van der Waals surface area contributed by atoms with E-state index in [1.165, 1.54) is 0 Å². The van der Waals surface area contributed by atoms with Gasteiger partial charge in [-0.25, -0.2) is 9.48 Å². The predicted octanol–water partition coefficient (Wildman–Crippen LogP) is 2.27. The van der Waals surface area contributed by atoms with Gasteiger partial charge in [0.05, 0.1) is 11.7 Å². The van der Waals surface area contributed by atoms with Crippen molar-refractivity contribution in [1.82, 2.24) is 30.5 Å². The van der Waals surface area contributed by atoms with Crippen LogP contribution >= 0.6 is 11.3 Å². The normalized spacial score (nSPS) is 12.1. The Labute approximate surface area is 142 Å². The zero-order chi connectivity index (χ0) is 17.1. The fourth-order valence-electron chi connectivity index (χ4n) is 2.11. The maximum Gasteiger partial charge on any atom is 0.321 e. The van der Waals surface area contributed by atoms with E-state index in [1.807, 2.05) is 31.4 Å². The lowest BCUT2D eigenvalue weighted by atomic mass is 10.3. The minimum absolute atomic E-state index is 0.0809. The molecule has 10 heteroatoms. The number of nitrogens with zero attached hydrogens (tertiary/aromatic N) is 5. The van der Waals surface area contributed by atoms with E-state index < -0.39 is 0 Å². The molecule has 3 aromatic rings. The molecule has 0 aliphatic heterocycles. The van der Waals surface area contributed by atoms with E-state index in [0.29, 0.717) is 29.8 Å². The summed E-state index contributed by atoms with van der Waals surface area (Å²) >= 11 is 1.59. The van der Waals surface area contributed by atoms with Crippen LogP contribution in [0.25, 0.3) is 0 Å².